The van der Waals surface area contributed by atoms with E-state index in [0.717, 1.165) is 22.7 Å². The van der Waals surface area contributed by atoms with Crippen LogP contribution in [-0.4, -0.2) is 36.4 Å². The Morgan fingerprint density at radius 3 is 2.73 bits per heavy atom. The van der Waals surface area contributed by atoms with Crippen LogP contribution in [0.3, 0.4) is 0 Å². The minimum Gasteiger partial charge on any atom is -0.350 e. The van der Waals surface area contributed by atoms with E-state index in [0.29, 0.717) is 18.7 Å². The highest BCUT2D eigenvalue weighted by Gasteiger charge is 2.17. The third-order valence-electron chi connectivity index (χ3n) is 4.47. The summed E-state index contributed by atoms with van der Waals surface area (Å²) in [5, 5.41) is 7.22. The molecular weight excluding hydrogens is 328 g/mol. The normalized spacial score (nSPS) is 11.2. The molecule has 0 fully saturated rings. The second-order valence-electron chi connectivity index (χ2n) is 6.15. The number of imidazole rings is 1. The number of hydrogen-bond donors (Lipinski definition) is 1. The molecule has 3 heterocycles. The molecule has 0 aliphatic carbocycles. The molecule has 4 aromatic rings. The first-order valence-electron chi connectivity index (χ1n) is 8.50. The average Bonchev–Trinajstić information content (AvgIpc) is 3.34. The van der Waals surface area contributed by atoms with Gasteiger partial charge < -0.3 is 14.5 Å². The van der Waals surface area contributed by atoms with Gasteiger partial charge in [0.1, 0.15) is 17.2 Å². The number of carbonyl (C=O) groups excluding carboxylic acids is 1. The minimum absolute atomic E-state index is 0.135. The fourth-order valence-corrected chi connectivity index (χ4v) is 3.23. The second kappa shape index (κ2) is 6.51. The highest BCUT2D eigenvalue weighted by molar-refractivity contribution is 5.97. The number of nitrogens with one attached hydrogen (secondary N) is 1. The Morgan fingerprint density at radius 2 is 1.92 bits per heavy atom. The molecular formula is C19H20N6O. The molecule has 0 radical (unpaired) electrons. The maximum atomic E-state index is 12.6. The van der Waals surface area contributed by atoms with E-state index >= 15 is 0 Å². The van der Waals surface area contributed by atoms with Gasteiger partial charge in [-0.25, -0.2) is 4.98 Å². The standard InChI is InChI=1S/C19H20N6O/c1-14-22-16-7-3-4-8-17(16)25(14)12-9-20-18(26)15-13-21-23(2)19(15)24-10-5-6-11-24/h3-8,10-11,13H,9,12H2,1-2H3,(H,20,26). The van der Waals surface area contributed by atoms with Gasteiger partial charge >= 0.3 is 0 Å². The van der Waals surface area contributed by atoms with Gasteiger partial charge in [-0.1, -0.05) is 12.1 Å². The maximum absolute atomic E-state index is 12.6. The fourth-order valence-electron chi connectivity index (χ4n) is 3.23. The van der Waals surface area contributed by atoms with Crippen LogP contribution in [0, 0.1) is 6.92 Å². The van der Waals surface area contributed by atoms with Crippen LogP contribution in [-0.2, 0) is 13.6 Å². The zero-order chi connectivity index (χ0) is 18.1. The summed E-state index contributed by atoms with van der Waals surface area (Å²) < 4.78 is 5.70. The van der Waals surface area contributed by atoms with Gasteiger partial charge in [0.05, 0.1) is 17.2 Å². The van der Waals surface area contributed by atoms with Crippen LogP contribution in [0.5, 0.6) is 0 Å². The first-order valence-corrected chi connectivity index (χ1v) is 8.50. The molecule has 0 saturated carbocycles. The molecule has 1 amide bonds. The Bertz CT molecular complexity index is 1060. The van der Waals surface area contributed by atoms with Gasteiger partial charge in [0.2, 0.25) is 0 Å². The highest BCUT2D eigenvalue weighted by Crippen LogP contribution is 2.16. The van der Waals surface area contributed by atoms with E-state index in [4.69, 9.17) is 0 Å². The predicted octanol–water partition coefficient (Wildman–Crippen LogP) is 2.30. The number of carbonyl (C=O) groups is 1. The van der Waals surface area contributed by atoms with Crippen LogP contribution < -0.4 is 5.32 Å². The molecule has 0 atom stereocenters. The Labute approximate surface area is 150 Å². The number of aromatic nitrogens is 5. The quantitative estimate of drug-likeness (QED) is 0.602. The molecule has 26 heavy (non-hydrogen) atoms. The summed E-state index contributed by atoms with van der Waals surface area (Å²) in [5.41, 5.74) is 2.60. The smallest absolute Gasteiger partial charge is 0.256 e. The molecule has 132 valence electrons. The topological polar surface area (TPSA) is 69.7 Å². The third kappa shape index (κ3) is 2.77. The molecule has 4 rings (SSSR count). The van der Waals surface area contributed by atoms with Crippen LogP contribution in [0.25, 0.3) is 16.9 Å². The monoisotopic (exact) mass is 348 g/mol. The predicted molar refractivity (Wildman–Crippen MR) is 99.3 cm³/mol. The lowest BCUT2D eigenvalue weighted by Gasteiger charge is -2.10. The fraction of sp³-hybridized carbons (Fsp3) is 0.211. The number of amides is 1. The zero-order valence-electron chi connectivity index (χ0n) is 14.8. The van der Waals surface area contributed by atoms with Crippen LogP contribution in [0.2, 0.25) is 0 Å². The number of benzene rings is 1. The van der Waals surface area contributed by atoms with E-state index in [9.17, 15) is 4.79 Å². The Kier molecular flexibility index (Phi) is 4.04. The SMILES string of the molecule is Cc1nc2ccccc2n1CCNC(=O)c1cnn(C)c1-n1cccc1. The number of aryl methyl sites for hydroxylation is 2. The van der Waals surface area contributed by atoms with Crippen LogP contribution in [0.1, 0.15) is 16.2 Å². The van der Waals surface area contributed by atoms with Gasteiger partial charge in [0.15, 0.2) is 0 Å². The Morgan fingerprint density at radius 1 is 1.15 bits per heavy atom. The van der Waals surface area contributed by atoms with Gasteiger partial charge in [-0.3, -0.25) is 9.48 Å². The van der Waals surface area contributed by atoms with Gasteiger partial charge in [-0.15, -0.1) is 0 Å². The Hall–Kier alpha value is -3.35. The lowest BCUT2D eigenvalue weighted by atomic mass is 10.3. The van der Waals surface area contributed by atoms with Crippen molar-refractivity contribution in [3.63, 3.8) is 0 Å². The molecule has 0 aliphatic rings. The average molecular weight is 348 g/mol. The largest absolute Gasteiger partial charge is 0.350 e. The van der Waals surface area contributed by atoms with Crippen molar-refractivity contribution in [3.8, 4) is 5.82 Å². The van der Waals surface area contributed by atoms with Crippen molar-refractivity contribution in [2.24, 2.45) is 7.05 Å². The van der Waals surface area contributed by atoms with Crippen molar-refractivity contribution in [3.05, 3.63) is 66.4 Å². The second-order valence-corrected chi connectivity index (χ2v) is 6.15. The van der Waals surface area contributed by atoms with E-state index < -0.39 is 0 Å². The van der Waals surface area contributed by atoms with E-state index in [1.807, 2.05) is 67.3 Å². The van der Waals surface area contributed by atoms with Gasteiger partial charge in [0.25, 0.3) is 5.91 Å². The molecule has 7 heteroatoms. The lowest BCUT2D eigenvalue weighted by molar-refractivity contribution is 0.0952. The summed E-state index contributed by atoms with van der Waals surface area (Å²) in [5.74, 6) is 1.55. The molecule has 0 bridgehead atoms. The number of fused-ring (bicyclic) bond motifs is 1. The molecule has 0 aliphatic heterocycles. The number of rotatable bonds is 5. The first kappa shape index (κ1) is 16.1. The summed E-state index contributed by atoms with van der Waals surface area (Å²) in [6.07, 6.45) is 5.39. The van der Waals surface area contributed by atoms with E-state index in [1.165, 1.54) is 0 Å². The van der Waals surface area contributed by atoms with Crippen molar-refractivity contribution in [2.75, 3.05) is 6.54 Å². The van der Waals surface area contributed by atoms with Crippen molar-refractivity contribution in [1.29, 1.82) is 0 Å². The Balaban J connectivity index is 1.49. The third-order valence-corrected chi connectivity index (χ3v) is 4.47. The number of para-hydroxylation sites is 2. The van der Waals surface area contributed by atoms with Crippen molar-refractivity contribution in [1.82, 2.24) is 29.2 Å². The molecule has 0 unspecified atom stereocenters. The number of hydrogen-bond acceptors (Lipinski definition) is 3. The number of nitrogens with zero attached hydrogens (tertiary/aromatic N) is 5. The van der Waals surface area contributed by atoms with Crippen LogP contribution in [0.4, 0.5) is 0 Å². The van der Waals surface area contributed by atoms with E-state index in [2.05, 4.69) is 20.0 Å². The summed E-state index contributed by atoms with van der Waals surface area (Å²) in [7, 11) is 1.83. The summed E-state index contributed by atoms with van der Waals surface area (Å²) in [6, 6.07) is 11.9. The molecule has 1 N–H and O–H groups in total. The van der Waals surface area contributed by atoms with Gasteiger partial charge in [-0.2, -0.15) is 5.10 Å². The van der Waals surface area contributed by atoms with Gasteiger partial charge in [0, 0.05) is 32.5 Å². The molecule has 7 nitrogen and oxygen atoms in total. The zero-order valence-corrected chi connectivity index (χ0v) is 14.8. The molecule has 1 aromatic carbocycles. The van der Waals surface area contributed by atoms with Crippen molar-refractivity contribution >= 4 is 16.9 Å². The van der Waals surface area contributed by atoms with Crippen LogP contribution in [0.15, 0.2) is 55.0 Å². The molecule has 3 aromatic heterocycles. The van der Waals surface area contributed by atoms with Gasteiger partial charge in [-0.05, 0) is 31.2 Å². The summed E-state index contributed by atoms with van der Waals surface area (Å²) in [4.78, 5) is 17.2. The molecule has 0 spiro atoms. The highest BCUT2D eigenvalue weighted by atomic mass is 16.1. The van der Waals surface area contributed by atoms with Crippen molar-refractivity contribution in [2.45, 2.75) is 13.5 Å². The first-order chi connectivity index (χ1) is 12.6. The van der Waals surface area contributed by atoms with E-state index in [-0.39, 0.29) is 5.91 Å². The summed E-state index contributed by atoms with van der Waals surface area (Å²) >= 11 is 0. The lowest BCUT2D eigenvalue weighted by Crippen LogP contribution is -2.28. The summed E-state index contributed by atoms with van der Waals surface area (Å²) in [6.45, 7) is 3.16. The van der Waals surface area contributed by atoms with E-state index in [1.54, 1.807) is 10.9 Å². The minimum atomic E-state index is -0.135. The molecule has 0 saturated heterocycles. The van der Waals surface area contributed by atoms with Crippen molar-refractivity contribution < 1.29 is 4.79 Å². The maximum Gasteiger partial charge on any atom is 0.256 e. The van der Waals surface area contributed by atoms with Crippen LogP contribution >= 0.6 is 0 Å².